The zero-order chi connectivity index (χ0) is 19.8. The Hall–Kier alpha value is -3.90. The van der Waals surface area contributed by atoms with Gasteiger partial charge in [0.05, 0.1) is 29.5 Å². The zero-order valence-corrected chi connectivity index (χ0v) is 15.2. The van der Waals surface area contributed by atoms with E-state index in [2.05, 4.69) is 22.4 Å². The number of benzene rings is 2. The first-order chi connectivity index (χ1) is 13.5. The summed E-state index contributed by atoms with van der Waals surface area (Å²) in [6, 6.07) is 15.5. The van der Waals surface area contributed by atoms with E-state index in [1.807, 2.05) is 31.2 Å². The molecule has 0 radical (unpaired) electrons. The SMILES string of the molecule is Cc1cc(C#N)ccc1-c1cc(N)c2cnc(NC(=O)[C@@H]3C[C@H]3C#N)cc2c1. The highest BCUT2D eigenvalue weighted by Crippen LogP contribution is 2.38. The van der Waals surface area contributed by atoms with Gasteiger partial charge in [0.1, 0.15) is 5.82 Å². The van der Waals surface area contributed by atoms with Crippen molar-refractivity contribution in [2.45, 2.75) is 13.3 Å². The molecule has 2 atom stereocenters. The predicted octanol–water partition coefficient (Wildman–Crippen LogP) is 3.76. The maximum atomic E-state index is 12.2. The second-order valence-corrected chi connectivity index (χ2v) is 7.06. The van der Waals surface area contributed by atoms with Gasteiger partial charge in [-0.25, -0.2) is 4.98 Å². The molecule has 3 N–H and O–H groups in total. The summed E-state index contributed by atoms with van der Waals surface area (Å²) >= 11 is 0. The van der Waals surface area contributed by atoms with Gasteiger partial charge in [-0.2, -0.15) is 10.5 Å². The molecule has 1 saturated carbocycles. The molecule has 28 heavy (non-hydrogen) atoms. The molecule has 136 valence electrons. The van der Waals surface area contributed by atoms with Crippen LogP contribution in [-0.2, 0) is 4.79 Å². The molecule has 2 aromatic carbocycles. The third kappa shape index (κ3) is 3.13. The van der Waals surface area contributed by atoms with Crippen LogP contribution in [-0.4, -0.2) is 10.9 Å². The minimum atomic E-state index is -0.250. The summed E-state index contributed by atoms with van der Waals surface area (Å²) in [5.41, 5.74) is 10.3. The second-order valence-electron chi connectivity index (χ2n) is 7.06. The quantitative estimate of drug-likeness (QED) is 0.684. The Balaban J connectivity index is 1.70. The summed E-state index contributed by atoms with van der Waals surface area (Å²) in [5, 5.41) is 22.4. The van der Waals surface area contributed by atoms with Crippen LogP contribution in [0.25, 0.3) is 21.9 Å². The molecule has 1 amide bonds. The number of hydrogen-bond donors (Lipinski definition) is 2. The van der Waals surface area contributed by atoms with Gasteiger partial charge in [-0.15, -0.1) is 0 Å². The standard InChI is InChI=1S/C22H17N5O/c1-12-4-13(9-23)2-3-17(12)14-5-15-8-21(26-11-19(15)20(25)7-14)27-22(28)18-6-16(18)10-24/h2-5,7-8,11,16,18H,6,25H2,1H3,(H,26,27,28)/t16-,18+/m0/s1. The van der Waals surface area contributed by atoms with Crippen molar-refractivity contribution in [2.75, 3.05) is 11.1 Å². The summed E-state index contributed by atoms with van der Waals surface area (Å²) < 4.78 is 0. The molecule has 0 bridgehead atoms. The van der Waals surface area contributed by atoms with Crippen LogP contribution in [0.1, 0.15) is 17.5 Å². The number of pyridine rings is 1. The molecule has 3 aromatic rings. The van der Waals surface area contributed by atoms with Crippen LogP contribution in [0.2, 0.25) is 0 Å². The minimum absolute atomic E-state index is 0.175. The molecule has 1 heterocycles. The Morgan fingerprint density at radius 3 is 2.75 bits per heavy atom. The van der Waals surface area contributed by atoms with Crippen LogP contribution in [0.4, 0.5) is 11.5 Å². The number of fused-ring (bicyclic) bond motifs is 1. The van der Waals surface area contributed by atoms with E-state index in [0.717, 1.165) is 27.5 Å². The number of nitrogens with two attached hydrogens (primary N) is 1. The first kappa shape index (κ1) is 17.5. The van der Waals surface area contributed by atoms with Gasteiger partial charge in [0.15, 0.2) is 0 Å². The highest BCUT2D eigenvalue weighted by atomic mass is 16.2. The van der Waals surface area contributed by atoms with E-state index in [1.165, 1.54) is 0 Å². The fourth-order valence-electron chi connectivity index (χ4n) is 3.41. The Morgan fingerprint density at radius 2 is 2.07 bits per heavy atom. The van der Waals surface area contributed by atoms with Crippen LogP contribution in [0.15, 0.2) is 42.6 Å². The van der Waals surface area contributed by atoms with Crippen molar-refractivity contribution < 1.29 is 4.79 Å². The molecule has 0 aliphatic heterocycles. The molecule has 1 aromatic heterocycles. The molecule has 1 fully saturated rings. The fourth-order valence-corrected chi connectivity index (χ4v) is 3.41. The van der Waals surface area contributed by atoms with Crippen LogP contribution in [0.5, 0.6) is 0 Å². The molecule has 0 unspecified atom stereocenters. The molecule has 6 nitrogen and oxygen atoms in total. The number of aromatic nitrogens is 1. The number of anilines is 2. The highest BCUT2D eigenvalue weighted by Gasteiger charge is 2.43. The Bertz CT molecular complexity index is 1200. The summed E-state index contributed by atoms with van der Waals surface area (Å²) in [5.74, 6) is -0.179. The number of carbonyl (C=O) groups excluding carboxylic acids is 1. The third-order valence-corrected chi connectivity index (χ3v) is 5.08. The van der Waals surface area contributed by atoms with E-state index in [0.29, 0.717) is 23.5 Å². The first-order valence-corrected chi connectivity index (χ1v) is 8.91. The lowest BCUT2D eigenvalue weighted by atomic mass is 9.96. The average molecular weight is 367 g/mol. The zero-order valence-electron chi connectivity index (χ0n) is 15.2. The largest absolute Gasteiger partial charge is 0.398 e. The van der Waals surface area contributed by atoms with Gasteiger partial charge >= 0.3 is 0 Å². The molecular weight excluding hydrogens is 350 g/mol. The van der Waals surface area contributed by atoms with E-state index in [1.54, 1.807) is 18.3 Å². The first-order valence-electron chi connectivity index (χ1n) is 8.91. The number of carbonyl (C=O) groups is 1. The van der Waals surface area contributed by atoms with Gasteiger partial charge in [-0.3, -0.25) is 4.79 Å². The van der Waals surface area contributed by atoms with Gasteiger partial charge in [0.25, 0.3) is 0 Å². The van der Waals surface area contributed by atoms with E-state index >= 15 is 0 Å². The Labute approximate surface area is 162 Å². The van der Waals surface area contributed by atoms with Gasteiger partial charge in [0.2, 0.25) is 5.91 Å². The van der Waals surface area contributed by atoms with Crippen molar-refractivity contribution in [3.63, 3.8) is 0 Å². The van der Waals surface area contributed by atoms with Crippen molar-refractivity contribution in [1.82, 2.24) is 4.98 Å². The highest BCUT2D eigenvalue weighted by molar-refractivity contribution is 6.00. The third-order valence-electron chi connectivity index (χ3n) is 5.08. The minimum Gasteiger partial charge on any atom is -0.398 e. The number of aryl methyl sites for hydroxylation is 1. The Kier molecular flexibility index (Phi) is 4.18. The molecule has 1 aliphatic rings. The summed E-state index contributed by atoms with van der Waals surface area (Å²) in [7, 11) is 0. The number of nitriles is 2. The molecular formula is C22H17N5O. The van der Waals surface area contributed by atoms with Gasteiger partial charge in [-0.05, 0) is 65.8 Å². The summed E-state index contributed by atoms with van der Waals surface area (Å²) in [4.78, 5) is 16.5. The normalized spacial score (nSPS) is 17.5. The van der Waals surface area contributed by atoms with Crippen molar-refractivity contribution in [3.05, 3.63) is 53.7 Å². The molecule has 0 saturated heterocycles. The van der Waals surface area contributed by atoms with E-state index < -0.39 is 0 Å². The number of amides is 1. The number of hydrogen-bond acceptors (Lipinski definition) is 5. The van der Waals surface area contributed by atoms with Crippen molar-refractivity contribution >= 4 is 28.2 Å². The molecule has 1 aliphatic carbocycles. The Morgan fingerprint density at radius 1 is 1.25 bits per heavy atom. The number of rotatable bonds is 3. The van der Waals surface area contributed by atoms with Gasteiger partial charge in [0, 0.05) is 17.3 Å². The lowest BCUT2D eigenvalue weighted by molar-refractivity contribution is -0.117. The smallest absolute Gasteiger partial charge is 0.230 e. The maximum Gasteiger partial charge on any atom is 0.230 e. The monoisotopic (exact) mass is 367 g/mol. The van der Waals surface area contributed by atoms with E-state index in [9.17, 15) is 4.79 Å². The molecule has 0 spiro atoms. The van der Waals surface area contributed by atoms with E-state index in [4.69, 9.17) is 16.3 Å². The van der Waals surface area contributed by atoms with E-state index in [-0.39, 0.29) is 17.7 Å². The topological polar surface area (TPSA) is 116 Å². The van der Waals surface area contributed by atoms with Crippen LogP contribution in [0, 0.1) is 41.4 Å². The number of nitrogen functional groups attached to an aromatic ring is 1. The lowest BCUT2D eigenvalue weighted by Crippen LogP contribution is -2.15. The fraction of sp³-hybridized carbons (Fsp3) is 0.182. The van der Waals surface area contributed by atoms with Gasteiger partial charge in [-0.1, -0.05) is 6.07 Å². The lowest BCUT2D eigenvalue weighted by Gasteiger charge is -2.11. The van der Waals surface area contributed by atoms with Crippen molar-refractivity contribution in [1.29, 1.82) is 10.5 Å². The summed E-state index contributed by atoms with van der Waals surface area (Å²) in [6.07, 6.45) is 2.25. The maximum absolute atomic E-state index is 12.2. The number of nitrogens with one attached hydrogen (secondary N) is 1. The predicted molar refractivity (Wildman–Crippen MR) is 107 cm³/mol. The van der Waals surface area contributed by atoms with Crippen LogP contribution >= 0.6 is 0 Å². The van der Waals surface area contributed by atoms with Crippen molar-refractivity contribution in [2.24, 2.45) is 11.8 Å². The average Bonchev–Trinajstić information content (AvgIpc) is 3.47. The van der Waals surface area contributed by atoms with Crippen LogP contribution in [0.3, 0.4) is 0 Å². The number of nitrogens with zero attached hydrogens (tertiary/aromatic N) is 3. The molecule has 4 rings (SSSR count). The second kappa shape index (κ2) is 6.68. The molecule has 6 heteroatoms. The summed E-state index contributed by atoms with van der Waals surface area (Å²) in [6.45, 7) is 1.95. The van der Waals surface area contributed by atoms with Gasteiger partial charge < -0.3 is 11.1 Å². The van der Waals surface area contributed by atoms with Crippen molar-refractivity contribution in [3.8, 4) is 23.3 Å². The van der Waals surface area contributed by atoms with Crippen LogP contribution < -0.4 is 11.1 Å².